The molecule has 1 rings (SSSR count). The summed E-state index contributed by atoms with van der Waals surface area (Å²) in [7, 11) is 1.58. The highest BCUT2D eigenvalue weighted by Crippen LogP contribution is 2.18. The first-order chi connectivity index (χ1) is 8.56. The van der Waals surface area contributed by atoms with E-state index in [0.29, 0.717) is 23.3 Å². The third-order valence-electron chi connectivity index (χ3n) is 2.86. The highest BCUT2D eigenvalue weighted by Gasteiger charge is 2.06. The summed E-state index contributed by atoms with van der Waals surface area (Å²) >= 11 is 0. The van der Waals surface area contributed by atoms with Crippen molar-refractivity contribution in [2.24, 2.45) is 5.92 Å². The Morgan fingerprint density at radius 1 is 1.33 bits per heavy atom. The molecule has 0 amide bonds. The van der Waals surface area contributed by atoms with Crippen LogP contribution in [0.5, 0.6) is 5.75 Å². The maximum Gasteiger partial charge on any atom is 0.136 e. The van der Waals surface area contributed by atoms with E-state index in [1.165, 1.54) is 0 Å². The van der Waals surface area contributed by atoms with E-state index in [4.69, 9.17) is 10.00 Å². The van der Waals surface area contributed by atoms with Gasteiger partial charge in [0.2, 0.25) is 0 Å². The van der Waals surface area contributed by atoms with Crippen LogP contribution in [0.15, 0.2) is 18.2 Å². The van der Waals surface area contributed by atoms with Gasteiger partial charge in [-0.05, 0) is 37.0 Å². The highest BCUT2D eigenvalue weighted by atomic mass is 16.5. The summed E-state index contributed by atoms with van der Waals surface area (Å²) in [5.41, 5.74) is 1.70. The molecule has 0 spiro atoms. The van der Waals surface area contributed by atoms with E-state index < -0.39 is 0 Å². The zero-order valence-corrected chi connectivity index (χ0v) is 11.7. The minimum atomic E-state index is 0.484. The van der Waals surface area contributed by atoms with Gasteiger partial charge >= 0.3 is 0 Å². The molecule has 0 heterocycles. The molecule has 18 heavy (non-hydrogen) atoms. The molecule has 0 saturated carbocycles. The molecule has 1 aromatic carbocycles. The summed E-state index contributed by atoms with van der Waals surface area (Å²) in [5.74, 6) is 1.33. The molecule has 1 unspecified atom stereocenters. The summed E-state index contributed by atoms with van der Waals surface area (Å²) in [5, 5.41) is 12.5. The molecular weight excluding hydrogens is 224 g/mol. The van der Waals surface area contributed by atoms with Gasteiger partial charge in [-0.1, -0.05) is 19.9 Å². The maximum absolute atomic E-state index is 9.02. The van der Waals surface area contributed by atoms with Gasteiger partial charge in [-0.2, -0.15) is 5.26 Å². The molecule has 1 atom stereocenters. The van der Waals surface area contributed by atoms with Crippen molar-refractivity contribution < 1.29 is 4.74 Å². The number of nitrogens with one attached hydrogen (secondary N) is 1. The van der Waals surface area contributed by atoms with Crippen LogP contribution in [0.4, 0.5) is 0 Å². The Kier molecular flexibility index (Phi) is 5.67. The van der Waals surface area contributed by atoms with Crippen LogP contribution in [-0.4, -0.2) is 13.2 Å². The molecule has 0 saturated heterocycles. The molecule has 0 aliphatic rings. The van der Waals surface area contributed by atoms with E-state index in [9.17, 15) is 0 Å². The van der Waals surface area contributed by atoms with Crippen LogP contribution >= 0.6 is 0 Å². The van der Waals surface area contributed by atoms with Gasteiger partial charge in [0.15, 0.2) is 0 Å². The Bertz CT molecular complexity index is 421. The standard InChI is InChI=1S/C15H22N2O/c1-11(2)7-12(3)17-10-13-5-6-15(18-4)14(8-13)9-16/h5-6,8,11-12,17H,7,10H2,1-4H3. The summed E-state index contributed by atoms with van der Waals surface area (Å²) < 4.78 is 5.13. The normalized spacial score (nSPS) is 12.2. The predicted molar refractivity (Wildman–Crippen MR) is 73.5 cm³/mol. The average molecular weight is 246 g/mol. The van der Waals surface area contributed by atoms with E-state index in [1.54, 1.807) is 7.11 Å². The van der Waals surface area contributed by atoms with Gasteiger partial charge in [-0.25, -0.2) is 0 Å². The van der Waals surface area contributed by atoms with Crippen molar-refractivity contribution in [3.8, 4) is 11.8 Å². The molecule has 3 nitrogen and oxygen atoms in total. The van der Waals surface area contributed by atoms with E-state index in [0.717, 1.165) is 18.5 Å². The Labute approximate surface area is 110 Å². The minimum absolute atomic E-state index is 0.484. The Morgan fingerprint density at radius 2 is 2.06 bits per heavy atom. The molecule has 1 N–H and O–H groups in total. The van der Waals surface area contributed by atoms with Crippen molar-refractivity contribution >= 4 is 0 Å². The lowest BCUT2D eigenvalue weighted by atomic mass is 10.0. The van der Waals surface area contributed by atoms with E-state index in [-0.39, 0.29) is 0 Å². The molecule has 1 aromatic rings. The van der Waals surface area contributed by atoms with Crippen molar-refractivity contribution in [2.45, 2.75) is 39.8 Å². The molecule has 0 aliphatic carbocycles. The van der Waals surface area contributed by atoms with Crippen molar-refractivity contribution in [2.75, 3.05) is 7.11 Å². The number of benzene rings is 1. The largest absolute Gasteiger partial charge is 0.495 e. The number of methoxy groups -OCH3 is 1. The first kappa shape index (κ1) is 14.5. The fourth-order valence-corrected chi connectivity index (χ4v) is 2.03. The third-order valence-corrected chi connectivity index (χ3v) is 2.86. The highest BCUT2D eigenvalue weighted by molar-refractivity contribution is 5.45. The fourth-order valence-electron chi connectivity index (χ4n) is 2.03. The lowest BCUT2D eigenvalue weighted by Gasteiger charge is -2.16. The second-order valence-corrected chi connectivity index (χ2v) is 5.06. The van der Waals surface area contributed by atoms with Crippen LogP contribution in [0.1, 0.15) is 38.3 Å². The number of rotatable bonds is 6. The Morgan fingerprint density at radius 3 is 2.61 bits per heavy atom. The van der Waals surface area contributed by atoms with Crippen molar-refractivity contribution in [1.82, 2.24) is 5.32 Å². The lowest BCUT2D eigenvalue weighted by Crippen LogP contribution is -2.26. The van der Waals surface area contributed by atoms with Gasteiger partial charge in [0.25, 0.3) is 0 Å². The topological polar surface area (TPSA) is 45.0 Å². The Balaban J connectivity index is 2.61. The van der Waals surface area contributed by atoms with Crippen LogP contribution in [-0.2, 0) is 6.54 Å². The molecule has 0 bridgehead atoms. The lowest BCUT2D eigenvalue weighted by molar-refractivity contribution is 0.413. The number of ether oxygens (including phenoxy) is 1. The second-order valence-electron chi connectivity index (χ2n) is 5.06. The Hall–Kier alpha value is -1.53. The second kappa shape index (κ2) is 7.03. The van der Waals surface area contributed by atoms with Crippen molar-refractivity contribution in [3.05, 3.63) is 29.3 Å². The molecule has 3 heteroatoms. The van der Waals surface area contributed by atoms with Crippen LogP contribution in [0.2, 0.25) is 0 Å². The molecule has 0 aromatic heterocycles. The smallest absolute Gasteiger partial charge is 0.136 e. The zero-order valence-electron chi connectivity index (χ0n) is 11.7. The first-order valence-electron chi connectivity index (χ1n) is 6.37. The molecule has 0 radical (unpaired) electrons. The summed E-state index contributed by atoms with van der Waals surface area (Å²) in [4.78, 5) is 0. The van der Waals surface area contributed by atoms with Crippen LogP contribution < -0.4 is 10.1 Å². The van der Waals surface area contributed by atoms with Gasteiger partial charge in [-0.3, -0.25) is 0 Å². The van der Waals surface area contributed by atoms with Gasteiger partial charge in [-0.15, -0.1) is 0 Å². The van der Waals surface area contributed by atoms with E-state index in [2.05, 4.69) is 32.2 Å². The molecule has 0 aliphatic heterocycles. The SMILES string of the molecule is COc1ccc(CNC(C)CC(C)C)cc1C#N. The number of hydrogen-bond donors (Lipinski definition) is 1. The number of hydrogen-bond acceptors (Lipinski definition) is 3. The van der Waals surface area contributed by atoms with Crippen LogP contribution in [0.25, 0.3) is 0 Å². The zero-order chi connectivity index (χ0) is 13.5. The third kappa shape index (κ3) is 4.38. The first-order valence-corrected chi connectivity index (χ1v) is 6.37. The average Bonchev–Trinajstić information content (AvgIpc) is 2.35. The van der Waals surface area contributed by atoms with Gasteiger partial charge in [0.1, 0.15) is 11.8 Å². The summed E-state index contributed by atoms with van der Waals surface area (Å²) in [6.07, 6.45) is 1.15. The number of nitriles is 1. The van der Waals surface area contributed by atoms with Gasteiger partial charge < -0.3 is 10.1 Å². The summed E-state index contributed by atoms with van der Waals surface area (Å²) in [6.45, 7) is 7.42. The number of nitrogens with zero attached hydrogens (tertiary/aromatic N) is 1. The van der Waals surface area contributed by atoms with Crippen molar-refractivity contribution in [1.29, 1.82) is 5.26 Å². The van der Waals surface area contributed by atoms with Gasteiger partial charge in [0.05, 0.1) is 12.7 Å². The molecular formula is C15H22N2O. The van der Waals surface area contributed by atoms with Crippen LogP contribution in [0, 0.1) is 17.2 Å². The minimum Gasteiger partial charge on any atom is -0.495 e. The maximum atomic E-state index is 9.02. The van der Waals surface area contributed by atoms with Crippen LogP contribution in [0.3, 0.4) is 0 Å². The predicted octanol–water partition coefficient (Wildman–Crippen LogP) is 3.09. The quantitative estimate of drug-likeness (QED) is 0.839. The van der Waals surface area contributed by atoms with E-state index in [1.807, 2.05) is 18.2 Å². The molecule has 98 valence electrons. The summed E-state index contributed by atoms with van der Waals surface area (Å²) in [6, 6.07) is 8.37. The molecule has 0 fully saturated rings. The van der Waals surface area contributed by atoms with Gasteiger partial charge in [0, 0.05) is 12.6 Å². The van der Waals surface area contributed by atoms with Crippen molar-refractivity contribution in [3.63, 3.8) is 0 Å². The monoisotopic (exact) mass is 246 g/mol. The van der Waals surface area contributed by atoms with E-state index >= 15 is 0 Å². The fraction of sp³-hybridized carbons (Fsp3) is 0.533.